The Balaban J connectivity index is 0. The Hall–Kier alpha value is -0.650. The number of nitrogens with two attached hydrogens (primary N) is 1. The summed E-state index contributed by atoms with van der Waals surface area (Å²) in [7, 11) is 2.29. The summed E-state index contributed by atoms with van der Waals surface area (Å²) in [6.07, 6.45) is 0. The number of carboxylic acid groups (broad SMARTS) is 1. The first-order chi connectivity index (χ1) is 6.86. The van der Waals surface area contributed by atoms with Gasteiger partial charge in [-0.05, 0) is 20.8 Å². The van der Waals surface area contributed by atoms with Crippen molar-refractivity contribution in [3.8, 4) is 0 Å². The van der Waals surface area contributed by atoms with Crippen LogP contribution in [0.5, 0.6) is 0 Å². The third kappa shape index (κ3) is 8.35. The van der Waals surface area contributed by atoms with Crippen LogP contribution in [0.4, 0.5) is 0 Å². The molecule has 0 bridgehead atoms. The van der Waals surface area contributed by atoms with Gasteiger partial charge in [-0.3, -0.25) is 4.79 Å². The van der Waals surface area contributed by atoms with Gasteiger partial charge in [-0.1, -0.05) is 0 Å². The first kappa shape index (κ1) is 16.8. The van der Waals surface area contributed by atoms with E-state index in [4.69, 9.17) is 15.9 Å². The van der Waals surface area contributed by atoms with Crippen molar-refractivity contribution in [2.75, 3.05) is 33.3 Å². The second kappa shape index (κ2) is 8.64. The van der Waals surface area contributed by atoms with Crippen molar-refractivity contribution >= 4 is 5.97 Å². The maximum absolute atomic E-state index is 9.65. The molecule has 0 aromatic carbocycles. The van der Waals surface area contributed by atoms with Gasteiger partial charge in [0, 0.05) is 0 Å². The summed E-state index contributed by atoms with van der Waals surface area (Å²) < 4.78 is 1.21. The van der Waals surface area contributed by atoms with Gasteiger partial charge in [-0.25, -0.2) is 0 Å². The largest absolute Gasteiger partial charge is 0.480 e. The topological polar surface area (TPSA) is 83.5 Å². The lowest BCUT2D eigenvalue weighted by atomic mass is 10.3. The summed E-state index contributed by atoms with van der Waals surface area (Å²) in [4.78, 5) is 9.65. The zero-order valence-corrected chi connectivity index (χ0v) is 10.2. The average molecular weight is 221 g/mol. The molecule has 4 N–H and O–H groups in total. The molecule has 5 heteroatoms. The molecular weight excluding hydrogens is 196 g/mol. The van der Waals surface area contributed by atoms with Crippen molar-refractivity contribution < 1.29 is 19.5 Å². The number of carboxylic acids is 1. The van der Waals surface area contributed by atoms with Gasteiger partial charge in [0.2, 0.25) is 0 Å². The van der Waals surface area contributed by atoms with Crippen molar-refractivity contribution in [1.29, 1.82) is 0 Å². The number of aliphatic carboxylic acids is 1. The predicted molar refractivity (Wildman–Crippen MR) is 60.5 cm³/mol. The predicted octanol–water partition coefficient (Wildman–Crippen LogP) is -0.117. The molecule has 0 aliphatic rings. The second-order valence-electron chi connectivity index (χ2n) is 3.70. The second-order valence-corrected chi connectivity index (χ2v) is 3.70. The molecule has 0 radical (unpaired) electrons. The lowest BCUT2D eigenvalue weighted by molar-refractivity contribution is -0.904. The highest BCUT2D eigenvalue weighted by Crippen LogP contribution is 1.97. The molecule has 0 aromatic rings. The molecule has 0 spiro atoms. The van der Waals surface area contributed by atoms with Gasteiger partial charge in [0.25, 0.3) is 0 Å². The lowest BCUT2D eigenvalue weighted by Gasteiger charge is -2.30. The van der Waals surface area contributed by atoms with E-state index in [1.807, 2.05) is 0 Å². The van der Waals surface area contributed by atoms with Crippen LogP contribution in [0.25, 0.3) is 0 Å². The summed E-state index contributed by atoms with van der Waals surface area (Å²) in [5, 5.41) is 15.9. The first-order valence-corrected chi connectivity index (χ1v) is 5.29. The highest BCUT2D eigenvalue weighted by atomic mass is 16.4. The number of quaternary nitrogens is 1. The molecule has 0 fully saturated rings. The molecule has 15 heavy (non-hydrogen) atoms. The van der Waals surface area contributed by atoms with E-state index in [9.17, 15) is 4.79 Å². The van der Waals surface area contributed by atoms with Crippen LogP contribution in [-0.4, -0.2) is 60.0 Å². The normalized spacial score (nSPS) is 12.7. The van der Waals surface area contributed by atoms with E-state index < -0.39 is 18.6 Å². The number of aliphatic hydroxyl groups is 1. The fraction of sp³-hybridized carbons (Fsp3) is 0.900. The fourth-order valence-electron chi connectivity index (χ4n) is 0.749. The van der Waals surface area contributed by atoms with Crippen LogP contribution in [-0.2, 0) is 4.79 Å². The average Bonchev–Trinajstić information content (AvgIpc) is 2.27. The Kier molecular flexibility index (Phi) is 9.66. The van der Waals surface area contributed by atoms with E-state index in [2.05, 4.69) is 27.8 Å². The van der Waals surface area contributed by atoms with Gasteiger partial charge in [-0.2, -0.15) is 0 Å². The van der Waals surface area contributed by atoms with E-state index >= 15 is 0 Å². The van der Waals surface area contributed by atoms with Crippen molar-refractivity contribution in [2.45, 2.75) is 26.8 Å². The molecule has 0 aliphatic carbocycles. The smallest absolute Gasteiger partial charge is 0.322 e. The van der Waals surface area contributed by atoms with E-state index in [0.29, 0.717) is 0 Å². The number of rotatable bonds is 5. The number of aliphatic hydroxyl groups excluding tert-OH is 1. The van der Waals surface area contributed by atoms with Crippen LogP contribution in [0.15, 0.2) is 0 Å². The Morgan fingerprint density at radius 1 is 1.27 bits per heavy atom. The van der Waals surface area contributed by atoms with E-state index in [-0.39, 0.29) is 0 Å². The molecule has 0 aromatic heterocycles. The van der Waals surface area contributed by atoms with E-state index in [1.165, 1.54) is 24.1 Å². The third-order valence-electron chi connectivity index (χ3n) is 2.80. The van der Waals surface area contributed by atoms with Crippen molar-refractivity contribution in [1.82, 2.24) is 0 Å². The summed E-state index contributed by atoms with van der Waals surface area (Å²) in [5.74, 6) is -1.18. The molecule has 0 heterocycles. The quantitative estimate of drug-likeness (QED) is 0.565. The molecule has 0 amide bonds. The molecule has 0 aliphatic heterocycles. The highest BCUT2D eigenvalue weighted by molar-refractivity contribution is 5.73. The van der Waals surface area contributed by atoms with Crippen LogP contribution < -0.4 is 5.73 Å². The third-order valence-corrected chi connectivity index (χ3v) is 2.80. The molecule has 1 unspecified atom stereocenters. The minimum absolute atomic E-state index is 0.505. The van der Waals surface area contributed by atoms with Crippen molar-refractivity contribution in [3.63, 3.8) is 0 Å². The highest BCUT2D eigenvalue weighted by Gasteiger charge is 2.10. The number of hydrogen-bond acceptors (Lipinski definition) is 3. The summed E-state index contributed by atoms with van der Waals surface area (Å²) in [6, 6.07) is -1.13. The lowest BCUT2D eigenvalue weighted by Crippen LogP contribution is -2.42. The maximum atomic E-state index is 9.65. The summed E-state index contributed by atoms with van der Waals surface area (Å²) >= 11 is 0. The zero-order valence-electron chi connectivity index (χ0n) is 10.2. The number of carbonyl (C=O) groups is 1. The van der Waals surface area contributed by atoms with Gasteiger partial charge in [0.1, 0.15) is 6.04 Å². The summed E-state index contributed by atoms with van der Waals surface area (Å²) in [6.45, 7) is 10.00. The fourth-order valence-corrected chi connectivity index (χ4v) is 0.749. The van der Waals surface area contributed by atoms with E-state index in [1.54, 1.807) is 0 Å². The van der Waals surface area contributed by atoms with Crippen molar-refractivity contribution in [2.24, 2.45) is 5.73 Å². The Morgan fingerprint density at radius 2 is 1.60 bits per heavy atom. The van der Waals surface area contributed by atoms with Gasteiger partial charge < -0.3 is 20.4 Å². The summed E-state index contributed by atoms with van der Waals surface area (Å²) in [5.41, 5.74) is 4.77. The molecular formula is C10H25N2O3+. The van der Waals surface area contributed by atoms with Gasteiger partial charge >= 0.3 is 5.97 Å². The Labute approximate surface area is 92.1 Å². The minimum atomic E-state index is -1.18. The number of hydrogen-bond donors (Lipinski definition) is 3. The van der Waals surface area contributed by atoms with Crippen LogP contribution in [0.3, 0.4) is 0 Å². The Bertz CT molecular complexity index is 162. The van der Waals surface area contributed by atoms with Crippen LogP contribution in [0.1, 0.15) is 20.8 Å². The van der Waals surface area contributed by atoms with Crippen LogP contribution >= 0.6 is 0 Å². The van der Waals surface area contributed by atoms with Crippen LogP contribution in [0, 0.1) is 0 Å². The molecule has 92 valence electrons. The molecule has 0 rings (SSSR count). The molecule has 5 nitrogen and oxygen atoms in total. The van der Waals surface area contributed by atoms with Gasteiger partial charge in [0.15, 0.2) is 0 Å². The monoisotopic (exact) mass is 221 g/mol. The van der Waals surface area contributed by atoms with Crippen LogP contribution in [0.2, 0.25) is 0 Å². The molecule has 0 saturated carbocycles. The van der Waals surface area contributed by atoms with E-state index in [0.717, 1.165) is 0 Å². The van der Waals surface area contributed by atoms with Crippen molar-refractivity contribution in [3.05, 3.63) is 0 Å². The SMILES string of the molecule is CC[N+](C)(CC)CC.NC(CO)C(=O)O. The maximum Gasteiger partial charge on any atom is 0.322 e. The van der Waals surface area contributed by atoms with Gasteiger partial charge in [0.05, 0.1) is 33.3 Å². The van der Waals surface area contributed by atoms with Gasteiger partial charge in [-0.15, -0.1) is 0 Å². The number of nitrogens with zero attached hydrogens (tertiary/aromatic N) is 1. The standard InChI is InChI=1S/C7H18N.C3H7NO3/c1-5-8(4,6-2)7-3;4-2(1-5)3(6)7/h5-7H2,1-4H3;2,5H,1,4H2,(H,6,7)/q+1;. The Morgan fingerprint density at radius 3 is 1.60 bits per heavy atom. The first-order valence-electron chi connectivity index (χ1n) is 5.29. The molecule has 0 saturated heterocycles. The zero-order chi connectivity index (χ0) is 12.5. The minimum Gasteiger partial charge on any atom is -0.480 e. The molecule has 1 atom stereocenters.